The first-order valence-corrected chi connectivity index (χ1v) is 5.88. The summed E-state index contributed by atoms with van der Waals surface area (Å²) in [6, 6.07) is 0.757. The highest BCUT2D eigenvalue weighted by Crippen LogP contribution is 2.21. The molecular formula is C12H12F2N2O5. The zero-order valence-electron chi connectivity index (χ0n) is 10.9. The van der Waals surface area contributed by atoms with E-state index in [1.807, 2.05) is 0 Å². The third-order valence-corrected chi connectivity index (χ3v) is 2.76. The van der Waals surface area contributed by atoms with Crippen molar-refractivity contribution in [3.05, 3.63) is 39.4 Å². The van der Waals surface area contributed by atoms with Crippen LogP contribution < -0.4 is 5.32 Å². The van der Waals surface area contributed by atoms with E-state index >= 15 is 0 Å². The molecule has 0 aliphatic rings. The van der Waals surface area contributed by atoms with Crippen LogP contribution in [0.3, 0.4) is 0 Å². The van der Waals surface area contributed by atoms with Gasteiger partial charge in [-0.25, -0.2) is 4.39 Å². The van der Waals surface area contributed by atoms with Crippen LogP contribution in [0, 0.1) is 27.7 Å². The first-order valence-electron chi connectivity index (χ1n) is 5.88. The van der Waals surface area contributed by atoms with Gasteiger partial charge in [-0.2, -0.15) is 4.39 Å². The van der Waals surface area contributed by atoms with Gasteiger partial charge in [0.15, 0.2) is 0 Å². The van der Waals surface area contributed by atoms with Crippen molar-refractivity contribution in [1.29, 1.82) is 0 Å². The number of rotatable bonds is 6. The molecule has 1 rings (SSSR count). The topological polar surface area (TPSA) is 110 Å². The van der Waals surface area contributed by atoms with Gasteiger partial charge in [0.25, 0.3) is 5.91 Å². The molecular weight excluding hydrogens is 290 g/mol. The van der Waals surface area contributed by atoms with Gasteiger partial charge < -0.3 is 10.4 Å². The second-order valence-corrected chi connectivity index (χ2v) is 4.32. The third-order valence-electron chi connectivity index (χ3n) is 2.76. The molecule has 0 fully saturated rings. The van der Waals surface area contributed by atoms with Crippen molar-refractivity contribution in [3.8, 4) is 0 Å². The number of aliphatic carboxylic acids is 1. The summed E-state index contributed by atoms with van der Waals surface area (Å²) >= 11 is 0. The van der Waals surface area contributed by atoms with Crippen LogP contribution in [0.15, 0.2) is 12.1 Å². The number of carboxylic acid groups (broad SMARTS) is 1. The van der Waals surface area contributed by atoms with E-state index in [9.17, 15) is 28.5 Å². The molecule has 1 unspecified atom stereocenters. The lowest BCUT2D eigenvalue weighted by atomic mass is 10.1. The summed E-state index contributed by atoms with van der Waals surface area (Å²) in [6.45, 7) is 1.37. The summed E-state index contributed by atoms with van der Waals surface area (Å²) in [7, 11) is 0. The van der Waals surface area contributed by atoms with Gasteiger partial charge in [-0.1, -0.05) is 6.92 Å². The fourth-order valence-electron chi connectivity index (χ4n) is 1.47. The van der Waals surface area contributed by atoms with Crippen molar-refractivity contribution in [3.63, 3.8) is 0 Å². The van der Waals surface area contributed by atoms with Gasteiger partial charge in [0, 0.05) is 18.7 Å². The molecule has 0 spiro atoms. The van der Waals surface area contributed by atoms with Crippen molar-refractivity contribution in [2.75, 3.05) is 6.54 Å². The summed E-state index contributed by atoms with van der Waals surface area (Å²) in [6.07, 6.45) is 0.103. The van der Waals surface area contributed by atoms with Crippen molar-refractivity contribution >= 4 is 17.6 Å². The van der Waals surface area contributed by atoms with Crippen molar-refractivity contribution in [2.24, 2.45) is 5.92 Å². The van der Waals surface area contributed by atoms with Crippen LogP contribution in [0.4, 0.5) is 14.5 Å². The van der Waals surface area contributed by atoms with Gasteiger partial charge in [0.1, 0.15) is 5.82 Å². The third kappa shape index (κ3) is 4.20. The molecule has 1 amide bonds. The molecule has 7 nitrogen and oxygen atoms in total. The monoisotopic (exact) mass is 302 g/mol. The number of carbonyl (C=O) groups is 2. The molecule has 0 aromatic heterocycles. The quantitative estimate of drug-likeness (QED) is 0.614. The molecule has 0 saturated heterocycles. The molecule has 0 bridgehead atoms. The van der Waals surface area contributed by atoms with Crippen LogP contribution in [-0.4, -0.2) is 28.5 Å². The normalized spacial score (nSPS) is 11.8. The zero-order valence-corrected chi connectivity index (χ0v) is 10.9. The van der Waals surface area contributed by atoms with Crippen LogP contribution >= 0.6 is 0 Å². The maximum atomic E-state index is 13.4. The minimum Gasteiger partial charge on any atom is -0.481 e. The lowest BCUT2D eigenvalue weighted by Gasteiger charge is -2.08. The van der Waals surface area contributed by atoms with Gasteiger partial charge in [-0.3, -0.25) is 19.7 Å². The molecule has 1 aromatic carbocycles. The van der Waals surface area contributed by atoms with Gasteiger partial charge >= 0.3 is 11.7 Å². The van der Waals surface area contributed by atoms with E-state index in [0.29, 0.717) is 6.07 Å². The largest absolute Gasteiger partial charge is 0.481 e. The molecule has 1 atom stereocenters. The maximum Gasteiger partial charge on any atom is 0.306 e. The SMILES string of the molecule is CC(CCNC(=O)c1cc([N+](=O)[O-])c(F)cc1F)C(=O)O. The Labute approximate surface area is 117 Å². The van der Waals surface area contributed by atoms with E-state index in [-0.39, 0.29) is 19.0 Å². The number of nitro groups is 1. The van der Waals surface area contributed by atoms with Crippen LogP contribution in [0.1, 0.15) is 23.7 Å². The number of amides is 1. The van der Waals surface area contributed by atoms with E-state index < -0.39 is 45.6 Å². The highest BCUT2D eigenvalue weighted by Gasteiger charge is 2.22. The molecule has 2 N–H and O–H groups in total. The maximum absolute atomic E-state index is 13.4. The minimum absolute atomic E-state index is 0.0586. The Kier molecular flexibility index (Phi) is 5.28. The summed E-state index contributed by atoms with van der Waals surface area (Å²) < 4.78 is 26.6. The lowest BCUT2D eigenvalue weighted by molar-refractivity contribution is -0.387. The first-order chi connectivity index (χ1) is 9.73. The summed E-state index contributed by atoms with van der Waals surface area (Å²) in [5.74, 6) is -5.35. The molecule has 21 heavy (non-hydrogen) atoms. The number of hydrogen-bond acceptors (Lipinski definition) is 4. The number of carboxylic acids is 1. The van der Waals surface area contributed by atoms with E-state index in [4.69, 9.17) is 5.11 Å². The Morgan fingerprint density at radius 2 is 2.00 bits per heavy atom. The van der Waals surface area contributed by atoms with Crippen molar-refractivity contribution in [1.82, 2.24) is 5.32 Å². The zero-order chi connectivity index (χ0) is 16.2. The second kappa shape index (κ2) is 6.73. The Hall–Kier alpha value is -2.58. The molecule has 114 valence electrons. The standard InChI is InChI=1S/C12H12F2N2O5/c1-6(12(18)19)2-3-15-11(17)7-4-10(16(20)21)9(14)5-8(7)13/h4-6H,2-3H2,1H3,(H,15,17)(H,18,19). The fraction of sp³-hybridized carbons (Fsp3) is 0.333. The summed E-state index contributed by atoms with van der Waals surface area (Å²) in [4.78, 5) is 31.7. The summed E-state index contributed by atoms with van der Waals surface area (Å²) in [5.41, 5.74) is -1.69. The molecule has 0 saturated carbocycles. The van der Waals surface area contributed by atoms with Gasteiger partial charge in [0.2, 0.25) is 5.82 Å². The minimum atomic E-state index is -1.38. The number of halogens is 2. The molecule has 0 heterocycles. The predicted molar refractivity (Wildman–Crippen MR) is 66.8 cm³/mol. The van der Waals surface area contributed by atoms with Gasteiger partial charge in [-0.15, -0.1) is 0 Å². The molecule has 0 aliphatic carbocycles. The Morgan fingerprint density at radius 1 is 1.38 bits per heavy atom. The van der Waals surface area contributed by atoms with Gasteiger partial charge in [-0.05, 0) is 6.42 Å². The number of hydrogen-bond donors (Lipinski definition) is 2. The van der Waals surface area contributed by atoms with Crippen molar-refractivity contribution < 1.29 is 28.4 Å². The molecule has 1 aromatic rings. The molecule has 0 aliphatic heterocycles. The Bertz CT molecular complexity index is 591. The van der Waals surface area contributed by atoms with Crippen LogP contribution in [-0.2, 0) is 4.79 Å². The Morgan fingerprint density at radius 3 is 2.52 bits per heavy atom. The average molecular weight is 302 g/mol. The van der Waals surface area contributed by atoms with Crippen LogP contribution in [0.25, 0.3) is 0 Å². The first kappa shape index (κ1) is 16.5. The average Bonchev–Trinajstić information content (AvgIpc) is 2.37. The van der Waals surface area contributed by atoms with E-state index in [2.05, 4.69) is 5.32 Å². The summed E-state index contributed by atoms with van der Waals surface area (Å²) in [5, 5.41) is 21.4. The fourth-order valence-corrected chi connectivity index (χ4v) is 1.47. The second-order valence-electron chi connectivity index (χ2n) is 4.32. The molecule has 0 radical (unpaired) electrons. The predicted octanol–water partition coefficient (Wildman–Crippen LogP) is 1.71. The number of nitro benzene ring substituents is 1. The number of carbonyl (C=O) groups excluding carboxylic acids is 1. The van der Waals surface area contributed by atoms with Crippen LogP contribution in [0.2, 0.25) is 0 Å². The van der Waals surface area contributed by atoms with E-state index in [0.717, 1.165) is 0 Å². The van der Waals surface area contributed by atoms with Crippen molar-refractivity contribution in [2.45, 2.75) is 13.3 Å². The molecule has 9 heteroatoms. The Balaban J connectivity index is 2.81. The lowest BCUT2D eigenvalue weighted by Crippen LogP contribution is -2.28. The number of benzene rings is 1. The number of nitrogens with one attached hydrogen (secondary N) is 1. The van der Waals surface area contributed by atoms with E-state index in [1.165, 1.54) is 6.92 Å². The van der Waals surface area contributed by atoms with E-state index in [1.54, 1.807) is 0 Å². The van der Waals surface area contributed by atoms with Crippen LogP contribution in [0.5, 0.6) is 0 Å². The number of nitrogens with zero attached hydrogens (tertiary/aromatic N) is 1. The highest BCUT2D eigenvalue weighted by molar-refractivity contribution is 5.95. The smallest absolute Gasteiger partial charge is 0.306 e. The highest BCUT2D eigenvalue weighted by atomic mass is 19.1. The van der Waals surface area contributed by atoms with Gasteiger partial charge in [0.05, 0.1) is 16.4 Å².